The summed E-state index contributed by atoms with van der Waals surface area (Å²) in [6.45, 7) is 8.99. The number of carbonyl (C=O) groups is 14. The van der Waals surface area contributed by atoms with Crippen LogP contribution >= 0.6 is 0 Å². The van der Waals surface area contributed by atoms with E-state index in [4.69, 9.17) is 22.9 Å². The molecule has 0 spiro atoms. The first-order valence-electron chi connectivity index (χ1n) is 29.5. The molecule has 13 atom stereocenters. The van der Waals surface area contributed by atoms with Crippen molar-refractivity contribution in [3.63, 3.8) is 0 Å². The van der Waals surface area contributed by atoms with E-state index in [0.717, 1.165) is 6.92 Å². The van der Waals surface area contributed by atoms with E-state index in [1.165, 1.54) is 6.92 Å². The number of nitrogens with one attached hydrogen (secondary N) is 12. The predicted molar refractivity (Wildman–Crippen MR) is 323 cm³/mol. The number of hydrogen-bond acceptors (Lipinski definition) is 20. The highest BCUT2D eigenvalue weighted by Gasteiger charge is 2.37. The van der Waals surface area contributed by atoms with Crippen molar-refractivity contribution >= 4 is 82.8 Å². The second-order valence-corrected chi connectivity index (χ2v) is 22.1. The molecule has 506 valence electrons. The highest BCUT2D eigenvalue weighted by atomic mass is 16.4. The van der Waals surface area contributed by atoms with E-state index < -0.39 is 200 Å². The molecule has 0 unspecified atom stereocenters. The van der Waals surface area contributed by atoms with Gasteiger partial charge in [0.05, 0.1) is 25.8 Å². The van der Waals surface area contributed by atoms with Gasteiger partial charge in [0, 0.05) is 12.8 Å². The van der Waals surface area contributed by atoms with Gasteiger partial charge in [-0.2, -0.15) is 0 Å². The normalized spacial score (nSPS) is 15.5. The number of carboxylic acid groups (broad SMARTS) is 2. The van der Waals surface area contributed by atoms with Crippen LogP contribution in [0.15, 0.2) is 30.3 Å². The van der Waals surface area contributed by atoms with Gasteiger partial charge in [-0.3, -0.25) is 67.1 Å². The minimum absolute atomic E-state index is 0.00988. The zero-order valence-corrected chi connectivity index (χ0v) is 52.1. The molecule has 0 fully saturated rings. The minimum atomic E-state index is -1.79. The first-order chi connectivity index (χ1) is 42.3. The molecule has 0 heterocycles. The SMILES string of the molecule is CC[C@H](C)[C@@H](NC(=O)[C@@H](NC(=O)[C@H](CCC(=O)O)NC(=O)[C@H](Cc1ccccc1)NC(=O)[C@@H](CCN)NC(=O)[C@H](CCN)NC(=O)[C@H](CO)NC(=O)[C@@H](C)NC(=O)[C@@H](CO)NC(=O)CNC(=O)[C@@H](CCN)NC(=O)[C@H](N)C(C)C)C(C)C)C(=O)N[C@@H](C)C(=O)O. The van der Waals surface area contributed by atoms with E-state index in [9.17, 15) is 87.5 Å². The molecule has 0 aliphatic heterocycles. The Bertz CT molecular complexity index is 2600. The van der Waals surface area contributed by atoms with E-state index in [1.54, 1.807) is 71.9 Å². The van der Waals surface area contributed by atoms with Crippen LogP contribution in [0.3, 0.4) is 0 Å². The smallest absolute Gasteiger partial charge is 0.325 e. The number of aliphatic carboxylic acids is 2. The van der Waals surface area contributed by atoms with E-state index in [1.807, 2.05) is 0 Å². The van der Waals surface area contributed by atoms with E-state index in [2.05, 4.69) is 63.8 Å². The van der Waals surface area contributed by atoms with Crippen molar-refractivity contribution in [3.05, 3.63) is 35.9 Å². The topological polar surface area (TPSA) is 568 Å². The van der Waals surface area contributed by atoms with Crippen molar-refractivity contribution in [2.45, 2.75) is 173 Å². The number of carbonyl (C=O) groups excluding carboxylic acids is 12. The fourth-order valence-electron chi connectivity index (χ4n) is 8.26. The molecule has 0 radical (unpaired) electrons. The van der Waals surface area contributed by atoms with Gasteiger partial charge in [0.25, 0.3) is 0 Å². The van der Waals surface area contributed by atoms with Gasteiger partial charge in [0.15, 0.2) is 0 Å². The number of carboxylic acids is 2. The molecule has 90 heavy (non-hydrogen) atoms. The summed E-state index contributed by atoms with van der Waals surface area (Å²) >= 11 is 0. The summed E-state index contributed by atoms with van der Waals surface area (Å²) in [5.74, 6) is -15.6. The maximum atomic E-state index is 14.3. The van der Waals surface area contributed by atoms with Crippen LogP contribution < -0.4 is 86.7 Å². The summed E-state index contributed by atoms with van der Waals surface area (Å²) in [7, 11) is 0. The molecule has 1 rings (SSSR count). The molecule has 1 aromatic rings. The number of amides is 12. The quantitative estimate of drug-likeness (QED) is 0.0289. The summed E-state index contributed by atoms with van der Waals surface area (Å²) < 4.78 is 0. The second-order valence-electron chi connectivity index (χ2n) is 22.1. The number of nitrogens with two attached hydrogens (primary N) is 4. The van der Waals surface area contributed by atoms with Gasteiger partial charge in [-0.05, 0) is 82.5 Å². The van der Waals surface area contributed by atoms with Crippen molar-refractivity contribution in [1.82, 2.24) is 63.8 Å². The lowest BCUT2D eigenvalue weighted by Crippen LogP contribution is -2.62. The molecule has 34 heteroatoms. The van der Waals surface area contributed by atoms with Crippen LogP contribution in [0.25, 0.3) is 0 Å². The molecule has 24 N–H and O–H groups in total. The Balaban J connectivity index is 3.31. The minimum Gasteiger partial charge on any atom is -0.481 e. The fourth-order valence-corrected chi connectivity index (χ4v) is 8.26. The van der Waals surface area contributed by atoms with Gasteiger partial charge in [-0.1, -0.05) is 78.3 Å². The third-order valence-electron chi connectivity index (χ3n) is 14.1. The maximum Gasteiger partial charge on any atom is 0.325 e. The van der Waals surface area contributed by atoms with Crippen LogP contribution in [0.5, 0.6) is 0 Å². The Morgan fingerprint density at radius 3 is 1.30 bits per heavy atom. The Morgan fingerprint density at radius 2 is 0.833 bits per heavy atom. The monoisotopic (exact) mass is 1280 g/mol. The largest absolute Gasteiger partial charge is 0.481 e. The fraction of sp³-hybridized carbons (Fsp3) is 0.643. The molecule has 0 saturated heterocycles. The first kappa shape index (κ1) is 79.6. The first-order valence-corrected chi connectivity index (χ1v) is 29.5. The summed E-state index contributed by atoms with van der Waals surface area (Å²) in [6.07, 6.45) is -1.65. The van der Waals surface area contributed by atoms with Crippen LogP contribution in [0.2, 0.25) is 0 Å². The Morgan fingerprint density at radius 1 is 0.433 bits per heavy atom. The lowest BCUT2D eigenvalue weighted by molar-refractivity contribution is -0.142. The van der Waals surface area contributed by atoms with Crippen molar-refractivity contribution in [3.8, 4) is 0 Å². The number of aliphatic hydroxyl groups is 2. The van der Waals surface area contributed by atoms with E-state index in [0.29, 0.717) is 12.0 Å². The third kappa shape index (κ3) is 27.9. The highest BCUT2D eigenvalue weighted by molar-refractivity contribution is 5.99. The molecule has 0 aliphatic rings. The van der Waals surface area contributed by atoms with Crippen LogP contribution in [0, 0.1) is 17.8 Å². The predicted octanol–water partition coefficient (Wildman–Crippen LogP) is -7.62. The molecule has 34 nitrogen and oxygen atoms in total. The Hall–Kier alpha value is -8.44. The van der Waals surface area contributed by atoms with Crippen LogP contribution in [-0.2, 0) is 73.5 Å². The van der Waals surface area contributed by atoms with Gasteiger partial charge in [-0.15, -0.1) is 0 Å². The molecule has 0 aliphatic carbocycles. The number of hydrogen-bond donors (Lipinski definition) is 20. The van der Waals surface area contributed by atoms with Crippen LogP contribution in [0.4, 0.5) is 0 Å². The summed E-state index contributed by atoms with van der Waals surface area (Å²) in [5, 5.41) is 67.7. The van der Waals surface area contributed by atoms with Gasteiger partial charge in [-0.25, -0.2) is 0 Å². The standard InChI is InChI=1S/C56H94N16O18/c1-9-29(6)44(55(88)63-31(8)56(89)90)72-54(87)43(28(4)5)71-49(82)33(15-16-41(76)77)65-50(83)37(23-32-13-11-10-12-14-32)69-48(81)36(19-22-59)66-47(80)35(18-21-58)67-52(85)39(26-74)70-45(78)30(7)62-51(84)38(25-73)64-40(75)24-61-46(79)34(17-20-57)68-53(86)42(60)27(2)3/h10-14,27-31,33-39,42-44,73-74H,9,15-26,57-60H2,1-8H3,(H,61,79)(H,62,84)(H,63,88)(H,64,75)(H,65,83)(H,66,80)(H,67,85)(H,68,86)(H,69,81)(H,70,78)(H,71,82)(H,72,87)(H,76,77)(H,89,90)/t29-,30+,31-,33-,34+,35-,36+,37-,38+,39-,42+,43-,44+/m0/s1. The van der Waals surface area contributed by atoms with Crippen molar-refractivity contribution in [1.29, 1.82) is 0 Å². The number of benzene rings is 1. The summed E-state index contributed by atoms with van der Waals surface area (Å²) in [4.78, 5) is 185. The Kier molecular flexibility index (Phi) is 36.2. The number of aliphatic hydroxyl groups excluding tert-OH is 2. The van der Waals surface area contributed by atoms with Gasteiger partial charge >= 0.3 is 11.9 Å². The average molecular weight is 1280 g/mol. The lowest BCUT2D eigenvalue weighted by Gasteiger charge is -2.30. The van der Waals surface area contributed by atoms with Gasteiger partial charge < -0.3 is 107 Å². The molecular weight excluding hydrogens is 1180 g/mol. The maximum absolute atomic E-state index is 14.3. The zero-order chi connectivity index (χ0) is 68.5. The van der Waals surface area contributed by atoms with E-state index in [-0.39, 0.29) is 51.2 Å². The Labute approximate surface area is 521 Å². The second kappa shape index (κ2) is 41.0. The molecule has 1 aromatic carbocycles. The van der Waals surface area contributed by atoms with Gasteiger partial charge in [0.1, 0.15) is 66.5 Å². The molecular formula is C56H94N16O18. The number of rotatable bonds is 42. The van der Waals surface area contributed by atoms with Crippen molar-refractivity contribution in [2.24, 2.45) is 40.7 Å². The van der Waals surface area contributed by atoms with Gasteiger partial charge in [0.2, 0.25) is 70.9 Å². The van der Waals surface area contributed by atoms with Crippen LogP contribution in [0.1, 0.15) is 99.5 Å². The average Bonchev–Trinajstić information content (AvgIpc) is 2.61. The zero-order valence-electron chi connectivity index (χ0n) is 52.1. The molecule has 0 aromatic heterocycles. The lowest BCUT2D eigenvalue weighted by atomic mass is 9.96. The summed E-state index contributed by atoms with van der Waals surface area (Å²) in [5.41, 5.74) is 23.6. The van der Waals surface area contributed by atoms with Crippen LogP contribution in [-0.4, -0.2) is 215 Å². The molecule has 0 saturated carbocycles. The highest BCUT2D eigenvalue weighted by Crippen LogP contribution is 2.13. The van der Waals surface area contributed by atoms with Crippen molar-refractivity contribution < 1.29 is 87.5 Å². The summed E-state index contributed by atoms with van der Waals surface area (Å²) in [6, 6.07) is -9.18. The molecule has 12 amide bonds. The molecule has 0 bridgehead atoms. The van der Waals surface area contributed by atoms with E-state index >= 15 is 0 Å². The van der Waals surface area contributed by atoms with Crippen molar-refractivity contribution in [2.75, 3.05) is 39.4 Å². The third-order valence-corrected chi connectivity index (χ3v) is 14.1.